The second kappa shape index (κ2) is 5.41. The Hall–Kier alpha value is -0.860. The molecule has 0 saturated carbocycles. The summed E-state index contributed by atoms with van der Waals surface area (Å²) in [7, 11) is 0. The van der Waals surface area contributed by atoms with Crippen LogP contribution in [0.2, 0.25) is 0 Å². The molecule has 2 unspecified atom stereocenters. The van der Waals surface area contributed by atoms with Crippen molar-refractivity contribution in [2.75, 3.05) is 13.2 Å². The molecule has 0 spiro atoms. The van der Waals surface area contributed by atoms with Crippen molar-refractivity contribution in [1.29, 1.82) is 0 Å². The molecule has 2 nitrogen and oxygen atoms in total. The maximum atomic E-state index is 6.15. The molecule has 0 aliphatic carbocycles. The van der Waals surface area contributed by atoms with E-state index in [2.05, 4.69) is 45.0 Å². The molecule has 18 heavy (non-hydrogen) atoms. The van der Waals surface area contributed by atoms with E-state index in [0.717, 1.165) is 26.1 Å². The first-order valence-corrected chi connectivity index (χ1v) is 6.89. The topological polar surface area (TPSA) is 35.2 Å². The van der Waals surface area contributed by atoms with Crippen molar-refractivity contribution >= 4 is 0 Å². The predicted octanol–water partition coefficient (Wildman–Crippen LogP) is 2.89. The van der Waals surface area contributed by atoms with Crippen LogP contribution in [0.25, 0.3) is 0 Å². The maximum absolute atomic E-state index is 6.15. The lowest BCUT2D eigenvalue weighted by atomic mass is 9.85. The largest absolute Gasteiger partial charge is 0.381 e. The van der Waals surface area contributed by atoms with Gasteiger partial charge in [0.25, 0.3) is 0 Å². The molecule has 100 valence electrons. The highest BCUT2D eigenvalue weighted by molar-refractivity contribution is 5.27. The fourth-order valence-corrected chi connectivity index (χ4v) is 2.47. The molecule has 1 saturated heterocycles. The van der Waals surface area contributed by atoms with E-state index < -0.39 is 0 Å². The number of rotatable bonds is 2. The van der Waals surface area contributed by atoms with Gasteiger partial charge in [-0.2, -0.15) is 0 Å². The standard InChI is InChI=1S/C16H25NO/c1-16(2,3)14-6-4-12(5-7-14)10-13-11-18-9-8-15(13)17/h4-7,13,15H,8-11,17H2,1-3H3. The van der Waals surface area contributed by atoms with E-state index in [1.165, 1.54) is 11.1 Å². The minimum absolute atomic E-state index is 0.225. The van der Waals surface area contributed by atoms with Gasteiger partial charge in [-0.25, -0.2) is 0 Å². The molecule has 1 aromatic rings. The molecule has 2 N–H and O–H groups in total. The van der Waals surface area contributed by atoms with E-state index in [-0.39, 0.29) is 5.41 Å². The zero-order valence-electron chi connectivity index (χ0n) is 11.8. The Morgan fingerprint density at radius 3 is 2.44 bits per heavy atom. The lowest BCUT2D eigenvalue weighted by molar-refractivity contribution is 0.0422. The molecule has 1 heterocycles. The summed E-state index contributed by atoms with van der Waals surface area (Å²) in [6, 6.07) is 9.25. The second-order valence-corrected chi connectivity index (χ2v) is 6.44. The summed E-state index contributed by atoms with van der Waals surface area (Å²) < 4.78 is 5.52. The molecule has 1 fully saturated rings. The smallest absolute Gasteiger partial charge is 0.0512 e. The molecule has 0 radical (unpaired) electrons. The monoisotopic (exact) mass is 247 g/mol. The SMILES string of the molecule is CC(C)(C)c1ccc(CC2COCCC2N)cc1. The fourth-order valence-electron chi connectivity index (χ4n) is 2.47. The first-order valence-electron chi connectivity index (χ1n) is 6.89. The van der Waals surface area contributed by atoms with Crippen LogP contribution in [-0.2, 0) is 16.6 Å². The summed E-state index contributed by atoms with van der Waals surface area (Å²) >= 11 is 0. The summed E-state index contributed by atoms with van der Waals surface area (Å²) in [5.41, 5.74) is 9.13. The van der Waals surface area contributed by atoms with Crippen LogP contribution in [0, 0.1) is 5.92 Å². The highest BCUT2D eigenvalue weighted by Crippen LogP contribution is 2.24. The van der Waals surface area contributed by atoms with E-state index >= 15 is 0 Å². The van der Waals surface area contributed by atoms with Gasteiger partial charge in [0, 0.05) is 18.6 Å². The Kier molecular flexibility index (Phi) is 4.08. The van der Waals surface area contributed by atoms with E-state index in [9.17, 15) is 0 Å². The molecule has 1 aliphatic heterocycles. The van der Waals surface area contributed by atoms with Crippen molar-refractivity contribution < 1.29 is 4.74 Å². The summed E-state index contributed by atoms with van der Waals surface area (Å²) in [5.74, 6) is 0.472. The van der Waals surface area contributed by atoms with Crippen molar-refractivity contribution in [3.63, 3.8) is 0 Å². The van der Waals surface area contributed by atoms with E-state index in [0.29, 0.717) is 12.0 Å². The minimum atomic E-state index is 0.225. The Morgan fingerprint density at radius 2 is 1.89 bits per heavy atom. The Balaban J connectivity index is 2.02. The fraction of sp³-hybridized carbons (Fsp3) is 0.625. The average Bonchev–Trinajstić information content (AvgIpc) is 2.32. The maximum Gasteiger partial charge on any atom is 0.0512 e. The Labute approximate surface area is 111 Å². The second-order valence-electron chi connectivity index (χ2n) is 6.44. The molecule has 1 aromatic carbocycles. The first kappa shape index (κ1) is 13.6. The number of hydrogen-bond donors (Lipinski definition) is 1. The zero-order chi connectivity index (χ0) is 13.2. The third-order valence-electron chi connectivity index (χ3n) is 3.85. The van der Waals surface area contributed by atoms with Gasteiger partial charge in [-0.1, -0.05) is 45.0 Å². The van der Waals surface area contributed by atoms with Crippen molar-refractivity contribution in [3.8, 4) is 0 Å². The summed E-state index contributed by atoms with van der Waals surface area (Å²) in [6.07, 6.45) is 2.02. The van der Waals surface area contributed by atoms with Gasteiger partial charge in [-0.05, 0) is 29.4 Å². The molecule has 0 aromatic heterocycles. The quantitative estimate of drug-likeness (QED) is 0.872. The predicted molar refractivity (Wildman–Crippen MR) is 75.7 cm³/mol. The molecule has 1 aliphatic rings. The van der Waals surface area contributed by atoms with Crippen molar-refractivity contribution in [1.82, 2.24) is 0 Å². The van der Waals surface area contributed by atoms with E-state index in [1.54, 1.807) is 0 Å². The highest BCUT2D eigenvalue weighted by atomic mass is 16.5. The summed E-state index contributed by atoms with van der Waals surface area (Å²) in [4.78, 5) is 0. The van der Waals surface area contributed by atoms with E-state index in [4.69, 9.17) is 10.5 Å². The lowest BCUT2D eigenvalue weighted by Gasteiger charge is -2.29. The van der Waals surface area contributed by atoms with Crippen LogP contribution in [0.3, 0.4) is 0 Å². The molecule has 2 rings (SSSR count). The molecular formula is C16H25NO. The number of ether oxygens (including phenoxy) is 1. The van der Waals surface area contributed by atoms with Gasteiger partial charge in [0.15, 0.2) is 0 Å². The van der Waals surface area contributed by atoms with Crippen molar-refractivity contribution in [3.05, 3.63) is 35.4 Å². The molecule has 2 atom stereocenters. The van der Waals surface area contributed by atoms with Crippen molar-refractivity contribution in [2.45, 2.75) is 45.1 Å². The number of nitrogens with two attached hydrogens (primary N) is 1. The van der Waals surface area contributed by atoms with Gasteiger partial charge in [-0.15, -0.1) is 0 Å². The molecule has 2 heteroatoms. The van der Waals surface area contributed by atoms with Gasteiger partial charge in [-0.3, -0.25) is 0 Å². The van der Waals surface area contributed by atoms with Crippen LogP contribution in [-0.4, -0.2) is 19.3 Å². The van der Waals surface area contributed by atoms with Crippen molar-refractivity contribution in [2.24, 2.45) is 11.7 Å². The van der Waals surface area contributed by atoms with Gasteiger partial charge >= 0.3 is 0 Å². The first-order chi connectivity index (χ1) is 8.47. The van der Waals surface area contributed by atoms with Crippen LogP contribution < -0.4 is 5.73 Å². The van der Waals surface area contributed by atoms with Crippen LogP contribution in [0.4, 0.5) is 0 Å². The lowest BCUT2D eigenvalue weighted by Crippen LogP contribution is -2.39. The van der Waals surface area contributed by atoms with Gasteiger partial charge < -0.3 is 10.5 Å². The van der Waals surface area contributed by atoms with E-state index in [1.807, 2.05) is 0 Å². The third-order valence-corrected chi connectivity index (χ3v) is 3.85. The number of hydrogen-bond acceptors (Lipinski definition) is 2. The average molecular weight is 247 g/mol. The normalized spacial score (nSPS) is 25.1. The molecular weight excluding hydrogens is 222 g/mol. The van der Waals surface area contributed by atoms with Gasteiger partial charge in [0.05, 0.1) is 6.61 Å². The summed E-state index contributed by atoms with van der Waals surface area (Å²) in [5, 5.41) is 0. The molecule has 0 bridgehead atoms. The van der Waals surface area contributed by atoms with Crippen LogP contribution in [0.5, 0.6) is 0 Å². The molecule has 0 amide bonds. The minimum Gasteiger partial charge on any atom is -0.381 e. The zero-order valence-corrected chi connectivity index (χ0v) is 11.8. The van der Waals surface area contributed by atoms with Gasteiger partial charge in [0.1, 0.15) is 0 Å². The van der Waals surface area contributed by atoms with Crippen LogP contribution >= 0.6 is 0 Å². The number of benzene rings is 1. The highest BCUT2D eigenvalue weighted by Gasteiger charge is 2.22. The summed E-state index contributed by atoms with van der Waals surface area (Å²) in [6.45, 7) is 8.36. The Bertz CT molecular complexity index is 377. The third kappa shape index (κ3) is 3.33. The van der Waals surface area contributed by atoms with Gasteiger partial charge in [0.2, 0.25) is 0 Å². The Morgan fingerprint density at radius 1 is 1.22 bits per heavy atom. The van der Waals surface area contributed by atoms with Crippen LogP contribution in [0.1, 0.15) is 38.3 Å². The van der Waals surface area contributed by atoms with Crippen LogP contribution in [0.15, 0.2) is 24.3 Å².